The number of nitrogens with two attached hydrogens (primary N) is 1. The van der Waals surface area contributed by atoms with Gasteiger partial charge in [0.25, 0.3) is 10.1 Å². The molecule has 0 aliphatic heterocycles. The maximum Gasteiger partial charge on any atom is 0.313 e. The van der Waals surface area contributed by atoms with Crippen LogP contribution in [0.25, 0.3) is 10.8 Å². The summed E-state index contributed by atoms with van der Waals surface area (Å²) in [6, 6.07) is 10.6. The first kappa shape index (κ1) is 44.2. The van der Waals surface area contributed by atoms with Crippen LogP contribution >= 0.6 is 24.4 Å². The molecule has 5 aromatic rings. The lowest BCUT2D eigenvalue weighted by Gasteiger charge is -2.12. The molecule has 0 aliphatic carbocycles. The molecule has 0 aliphatic rings. The Bertz CT molecular complexity index is 2640. The minimum atomic E-state index is -4.97. The molecule has 0 spiro atoms. The van der Waals surface area contributed by atoms with Crippen LogP contribution in [0.2, 0.25) is 0 Å². The van der Waals surface area contributed by atoms with Crippen molar-refractivity contribution in [3.05, 3.63) is 72.7 Å². The molecule has 0 saturated heterocycles. The van der Waals surface area contributed by atoms with Gasteiger partial charge < -0.3 is 20.7 Å². The molecule has 4 aromatic carbocycles. The van der Waals surface area contributed by atoms with E-state index < -0.39 is 82.3 Å². The third-order valence-electron chi connectivity index (χ3n) is 7.10. The molecule has 58 heavy (non-hydrogen) atoms. The average molecular weight is 909 g/mol. The molecule has 1 aromatic heterocycles. The summed E-state index contributed by atoms with van der Waals surface area (Å²) < 4.78 is 122. The molecule has 1 atom stereocenters. The van der Waals surface area contributed by atoms with Crippen LogP contribution in [0.1, 0.15) is 0 Å². The van der Waals surface area contributed by atoms with Crippen molar-refractivity contribution in [2.45, 2.75) is 19.6 Å². The normalized spacial score (nSPS) is 12.9. The highest BCUT2D eigenvalue weighted by atomic mass is 32.2. The van der Waals surface area contributed by atoms with Crippen LogP contribution in [0.5, 0.6) is 5.75 Å². The number of sulfone groups is 1. The zero-order valence-electron chi connectivity index (χ0n) is 28.1. The van der Waals surface area contributed by atoms with E-state index in [-0.39, 0.29) is 73.5 Å². The highest BCUT2D eigenvalue weighted by Gasteiger charge is 2.22. The topological polar surface area (TPSA) is 346 Å². The minimum absolute atomic E-state index is 0.0118. The molecule has 0 radical (unpaired) electrons. The van der Waals surface area contributed by atoms with Crippen molar-refractivity contribution in [2.24, 2.45) is 20.5 Å². The van der Waals surface area contributed by atoms with E-state index in [2.05, 4.69) is 54.5 Å². The van der Waals surface area contributed by atoms with Gasteiger partial charge in [-0.2, -0.15) is 27.2 Å². The monoisotopic (exact) mass is 908 g/mol. The van der Waals surface area contributed by atoms with E-state index in [0.717, 1.165) is 42.5 Å². The van der Waals surface area contributed by atoms with Gasteiger partial charge in [-0.3, -0.25) is 8.74 Å². The Kier molecular flexibility index (Phi) is 14.6. The Morgan fingerprint density at radius 2 is 1.59 bits per heavy atom. The van der Waals surface area contributed by atoms with Crippen LogP contribution in [0.15, 0.2) is 101 Å². The Balaban J connectivity index is 1.55. The molecule has 23 nitrogen and oxygen atoms in total. The van der Waals surface area contributed by atoms with Gasteiger partial charge in [-0.05, 0) is 54.6 Å². The first-order valence-corrected chi connectivity index (χ1v) is 20.5. The van der Waals surface area contributed by atoms with Crippen molar-refractivity contribution in [1.82, 2.24) is 9.97 Å². The largest absolute Gasteiger partial charge is 0.505 e. The zero-order valence-corrected chi connectivity index (χ0v) is 32.1. The first-order chi connectivity index (χ1) is 27.5. The van der Waals surface area contributed by atoms with Gasteiger partial charge in [-0.1, -0.05) is 10.1 Å². The number of rotatable bonds is 18. The highest BCUT2D eigenvalue weighted by molar-refractivity contribution is 7.94. The predicted octanol–water partition coefficient (Wildman–Crippen LogP) is 6.80. The van der Waals surface area contributed by atoms with Crippen molar-refractivity contribution < 1.29 is 77.5 Å². The lowest BCUT2D eigenvalue weighted by atomic mass is 10.1. The molecule has 0 saturated carbocycles. The summed E-state index contributed by atoms with van der Waals surface area (Å²) >= 11 is -2.40. The molecule has 1 heterocycles. The minimum Gasteiger partial charge on any atom is -0.505 e. The number of nitrogens with zero attached hydrogens (tertiary/aromatic N) is 6. The third kappa shape index (κ3) is 11.0. The van der Waals surface area contributed by atoms with Gasteiger partial charge in [0, 0.05) is 22.5 Å². The molecule has 30 heteroatoms. The number of aromatic hydroxyl groups is 1. The summed E-state index contributed by atoms with van der Waals surface area (Å²) in [6.45, 7) is -0.435. The van der Waals surface area contributed by atoms with Gasteiger partial charge in [0.2, 0.25) is 5.95 Å². The van der Waals surface area contributed by atoms with E-state index in [1.54, 1.807) is 0 Å². The van der Waals surface area contributed by atoms with Crippen LogP contribution < -0.4 is 11.1 Å². The van der Waals surface area contributed by atoms with Crippen LogP contribution in [0.3, 0.4) is 0 Å². The van der Waals surface area contributed by atoms with Crippen molar-refractivity contribution in [2.75, 3.05) is 23.4 Å². The lowest BCUT2D eigenvalue weighted by Crippen LogP contribution is -2.11. The molecule has 308 valence electrons. The molecule has 8 N–H and O–H groups in total. The number of hydrogen-bond acceptors (Lipinski definition) is 23. The van der Waals surface area contributed by atoms with Crippen molar-refractivity contribution >= 4 is 106 Å². The van der Waals surface area contributed by atoms with Gasteiger partial charge in [0.05, 0.1) is 44.8 Å². The number of phenols is 1. The number of azo groups is 2. The molecule has 1 unspecified atom stereocenters. The number of benzene rings is 4. The van der Waals surface area contributed by atoms with E-state index in [0.29, 0.717) is 0 Å². The summed E-state index contributed by atoms with van der Waals surface area (Å²) in [5, 5.41) is 53.7. The quantitative estimate of drug-likeness (QED) is 0.00454. The van der Waals surface area contributed by atoms with Crippen LogP contribution in [-0.2, 0) is 54.0 Å². The van der Waals surface area contributed by atoms with Crippen LogP contribution in [0, 0.1) is 12.0 Å². The third-order valence-corrected chi connectivity index (χ3v) is 11.4. The zero-order chi connectivity index (χ0) is 42.2. The molecule has 0 fully saturated rings. The van der Waals surface area contributed by atoms with Gasteiger partial charge in [-0.15, -0.1) is 29.1 Å². The number of anilines is 3. The summed E-state index contributed by atoms with van der Waals surface area (Å²) in [7, 11) is -9.06. The molecular weight excluding hydrogens is 887 g/mol. The fourth-order valence-electron chi connectivity index (χ4n) is 4.68. The smallest absolute Gasteiger partial charge is 0.313 e. The number of phenolic OH excluding ortho intramolecular Hbond substituents is 1. The predicted molar refractivity (Wildman–Crippen MR) is 196 cm³/mol. The molecule has 0 bridgehead atoms. The number of hydrogen-bond donors (Lipinski definition) is 7. The average Bonchev–Trinajstić information content (AvgIpc) is 3.15. The van der Waals surface area contributed by atoms with Crippen LogP contribution in [-0.4, -0.2) is 68.1 Å². The Labute approximate surface area is 334 Å². The van der Waals surface area contributed by atoms with Crippen molar-refractivity contribution in [3.63, 3.8) is 0 Å². The Hall–Kier alpha value is -4.93. The second-order valence-electron chi connectivity index (χ2n) is 10.7. The second kappa shape index (κ2) is 19.2. The first-order valence-electron chi connectivity index (χ1n) is 14.9. The SMILES string of the molecule is Nc1ccc2c(O)c(/N=N/c3cc(Nc4cc(F)nc(F)n4)ccc3S(=O)(=O)O)c(SOOO)cc2c1/N=N/c1ccc(S(=O)(=O)CCOSOOO)cc1S(=O)O. The standard InChI is InChI=1S/C28H22F2N8O15S5/c29-23-12-24(34-28(30)33-23)32-13-1-6-22(58(46,47)48)19(9-13)36-38-26-20(54-52-50-40)11-16-15(27(26)39)3-4-17(31)25(16)37-35-18-5-2-14(10-21(18)56(42)43)57(44,45)8-7-49-55-53-51-41/h1-6,9-12,39-41H,7-8,31H2,(H,42,43)(H,32,33,34)(H,46,47,48)/b37-35+,38-36+. The van der Waals surface area contributed by atoms with Crippen molar-refractivity contribution in [1.29, 1.82) is 0 Å². The summed E-state index contributed by atoms with van der Waals surface area (Å²) in [5.41, 5.74) is 4.61. The molecule has 5 rings (SSSR count). The van der Waals surface area contributed by atoms with E-state index in [9.17, 15) is 44.0 Å². The number of aromatic nitrogens is 2. The van der Waals surface area contributed by atoms with E-state index in [1.165, 1.54) is 18.2 Å². The molecule has 0 amide bonds. The second-order valence-corrected chi connectivity index (χ2v) is 16.3. The van der Waals surface area contributed by atoms with E-state index in [1.807, 2.05) is 0 Å². The fraction of sp³-hybridized carbons (Fsp3) is 0.0714. The van der Waals surface area contributed by atoms with E-state index >= 15 is 0 Å². The molecular formula is C28H22F2N8O15S5. The maximum atomic E-state index is 13.6. The van der Waals surface area contributed by atoms with E-state index in [4.69, 9.17) is 20.4 Å². The van der Waals surface area contributed by atoms with Gasteiger partial charge in [-0.25, -0.2) is 23.1 Å². The van der Waals surface area contributed by atoms with Gasteiger partial charge in [0.15, 0.2) is 39.0 Å². The Morgan fingerprint density at radius 3 is 2.28 bits per heavy atom. The lowest BCUT2D eigenvalue weighted by molar-refractivity contribution is -0.434. The van der Waals surface area contributed by atoms with Crippen LogP contribution in [0.4, 0.5) is 48.7 Å². The highest BCUT2D eigenvalue weighted by Crippen LogP contribution is 2.48. The fourth-order valence-corrected chi connectivity index (χ4v) is 7.80. The number of halogens is 2. The number of nitrogens with one attached hydrogen (secondary N) is 1. The Morgan fingerprint density at radius 1 is 0.862 bits per heavy atom. The summed E-state index contributed by atoms with van der Waals surface area (Å²) in [6.07, 6.45) is -1.41. The van der Waals surface area contributed by atoms with Crippen molar-refractivity contribution in [3.8, 4) is 5.75 Å². The summed E-state index contributed by atoms with van der Waals surface area (Å²) in [5.74, 6) is -2.90. The summed E-state index contributed by atoms with van der Waals surface area (Å²) in [4.78, 5) is 4.38. The maximum absolute atomic E-state index is 13.6. The van der Waals surface area contributed by atoms with Gasteiger partial charge >= 0.3 is 6.08 Å². The van der Waals surface area contributed by atoms with Gasteiger partial charge in [0.1, 0.15) is 33.5 Å². The number of nitrogen functional groups attached to an aromatic ring is 1. The number of fused-ring (bicyclic) bond motifs is 1.